The van der Waals surface area contributed by atoms with E-state index in [1.54, 1.807) is 12.1 Å². The Hall–Kier alpha value is -2.09. The van der Waals surface area contributed by atoms with E-state index in [4.69, 9.17) is 10.4 Å². The quantitative estimate of drug-likeness (QED) is 0.833. The Labute approximate surface area is 107 Å². The molecule has 0 spiro atoms. The van der Waals surface area contributed by atoms with Crippen molar-refractivity contribution in [2.24, 2.45) is 5.92 Å². The lowest BCUT2D eigenvalue weighted by atomic mass is 10.2. The Morgan fingerprint density at radius 1 is 1.61 bits per heavy atom. The Kier molecular flexibility index (Phi) is 5.12. The van der Waals surface area contributed by atoms with Crippen molar-refractivity contribution in [2.75, 3.05) is 18.0 Å². The van der Waals surface area contributed by atoms with Crippen LogP contribution in [0.1, 0.15) is 30.8 Å². The second kappa shape index (κ2) is 6.60. The number of aromatic nitrogens is 1. The van der Waals surface area contributed by atoms with E-state index in [0.717, 1.165) is 12.2 Å². The van der Waals surface area contributed by atoms with Gasteiger partial charge >= 0.3 is 5.97 Å². The van der Waals surface area contributed by atoms with E-state index in [1.165, 1.54) is 6.20 Å². The highest BCUT2D eigenvalue weighted by Gasteiger charge is 2.11. The standard InChI is InChI=1S/C13H17N3O2/c1-10(2)9-16(7-3-5-14)11-4-6-15-12(8-11)13(17)18/h4,6,8,10H,3,7,9H2,1-2H3,(H,17,18). The molecule has 1 heterocycles. The van der Waals surface area contributed by atoms with Gasteiger partial charge in [0.25, 0.3) is 0 Å². The number of hydrogen-bond acceptors (Lipinski definition) is 4. The lowest BCUT2D eigenvalue weighted by Gasteiger charge is -2.25. The van der Waals surface area contributed by atoms with Crippen LogP contribution in [0, 0.1) is 17.2 Å². The second-order valence-electron chi connectivity index (χ2n) is 4.45. The molecule has 1 aromatic rings. The molecule has 0 aliphatic carbocycles. The van der Waals surface area contributed by atoms with Crippen molar-refractivity contribution >= 4 is 11.7 Å². The van der Waals surface area contributed by atoms with Crippen LogP contribution < -0.4 is 4.90 Å². The largest absolute Gasteiger partial charge is 0.477 e. The van der Waals surface area contributed by atoms with Crippen LogP contribution in [0.5, 0.6) is 0 Å². The number of aromatic carboxylic acids is 1. The van der Waals surface area contributed by atoms with Gasteiger partial charge in [-0.2, -0.15) is 5.26 Å². The van der Waals surface area contributed by atoms with E-state index in [1.807, 2.05) is 4.90 Å². The van der Waals surface area contributed by atoms with Gasteiger partial charge in [0.05, 0.1) is 12.5 Å². The maximum absolute atomic E-state index is 10.9. The molecule has 0 radical (unpaired) electrons. The molecule has 0 bridgehead atoms. The molecule has 0 atom stereocenters. The molecule has 0 aromatic carbocycles. The molecule has 1 rings (SSSR count). The summed E-state index contributed by atoms with van der Waals surface area (Å²) in [5.74, 6) is -0.605. The normalized spacial score (nSPS) is 10.1. The van der Waals surface area contributed by atoms with Crippen LogP contribution in [-0.4, -0.2) is 29.1 Å². The van der Waals surface area contributed by atoms with Crippen molar-refractivity contribution in [3.8, 4) is 6.07 Å². The molecule has 0 unspecified atom stereocenters. The van der Waals surface area contributed by atoms with Crippen molar-refractivity contribution in [1.82, 2.24) is 4.98 Å². The van der Waals surface area contributed by atoms with Crippen molar-refractivity contribution in [2.45, 2.75) is 20.3 Å². The average Bonchev–Trinajstić information content (AvgIpc) is 2.34. The van der Waals surface area contributed by atoms with Gasteiger partial charge in [0.15, 0.2) is 0 Å². The molecule has 1 aromatic heterocycles. The molecule has 0 saturated carbocycles. The Morgan fingerprint density at radius 3 is 2.89 bits per heavy atom. The second-order valence-corrected chi connectivity index (χ2v) is 4.45. The van der Waals surface area contributed by atoms with E-state index < -0.39 is 5.97 Å². The van der Waals surface area contributed by atoms with Gasteiger partial charge < -0.3 is 10.0 Å². The molecule has 5 nitrogen and oxygen atoms in total. The van der Waals surface area contributed by atoms with E-state index in [0.29, 0.717) is 18.9 Å². The van der Waals surface area contributed by atoms with Crippen LogP contribution in [0.15, 0.2) is 18.3 Å². The molecular formula is C13H17N3O2. The van der Waals surface area contributed by atoms with Gasteiger partial charge in [-0.05, 0) is 18.1 Å². The summed E-state index contributed by atoms with van der Waals surface area (Å²) in [6.07, 6.45) is 1.90. The zero-order valence-electron chi connectivity index (χ0n) is 10.6. The molecule has 1 N–H and O–H groups in total. The van der Waals surface area contributed by atoms with E-state index in [9.17, 15) is 4.79 Å². The van der Waals surface area contributed by atoms with Crippen LogP contribution in [-0.2, 0) is 0 Å². The fourth-order valence-corrected chi connectivity index (χ4v) is 1.68. The number of nitriles is 1. The van der Waals surface area contributed by atoms with Crippen molar-refractivity contribution in [1.29, 1.82) is 5.26 Å². The Bertz CT molecular complexity index is 452. The number of nitrogens with zero attached hydrogens (tertiary/aromatic N) is 3. The monoisotopic (exact) mass is 247 g/mol. The van der Waals surface area contributed by atoms with Crippen LogP contribution in [0.4, 0.5) is 5.69 Å². The lowest BCUT2D eigenvalue weighted by molar-refractivity contribution is 0.0690. The molecule has 0 fully saturated rings. The van der Waals surface area contributed by atoms with Gasteiger partial charge in [0, 0.05) is 25.0 Å². The summed E-state index contributed by atoms with van der Waals surface area (Å²) in [6.45, 7) is 5.54. The minimum atomic E-state index is -1.04. The van der Waals surface area contributed by atoms with Gasteiger partial charge in [-0.15, -0.1) is 0 Å². The number of carboxylic acids is 1. The lowest BCUT2D eigenvalue weighted by Crippen LogP contribution is -2.28. The third kappa shape index (κ3) is 4.06. The first-order valence-electron chi connectivity index (χ1n) is 5.86. The van der Waals surface area contributed by atoms with Crippen molar-refractivity contribution in [3.63, 3.8) is 0 Å². The topological polar surface area (TPSA) is 77.2 Å². The maximum Gasteiger partial charge on any atom is 0.354 e. The summed E-state index contributed by atoms with van der Waals surface area (Å²) in [7, 11) is 0. The minimum Gasteiger partial charge on any atom is -0.477 e. The van der Waals surface area contributed by atoms with Crippen LogP contribution in [0.25, 0.3) is 0 Å². The first-order chi connectivity index (χ1) is 8.54. The fraction of sp³-hybridized carbons (Fsp3) is 0.462. The summed E-state index contributed by atoms with van der Waals surface area (Å²) in [6, 6.07) is 5.42. The third-order valence-electron chi connectivity index (χ3n) is 2.41. The zero-order chi connectivity index (χ0) is 13.5. The highest BCUT2D eigenvalue weighted by atomic mass is 16.4. The van der Waals surface area contributed by atoms with Gasteiger partial charge in [-0.1, -0.05) is 13.8 Å². The number of pyridine rings is 1. The molecule has 5 heteroatoms. The average molecular weight is 247 g/mol. The first kappa shape index (κ1) is 14.0. The van der Waals surface area contributed by atoms with E-state index >= 15 is 0 Å². The van der Waals surface area contributed by atoms with Gasteiger partial charge in [-0.25, -0.2) is 9.78 Å². The summed E-state index contributed by atoms with van der Waals surface area (Å²) >= 11 is 0. The fourth-order valence-electron chi connectivity index (χ4n) is 1.68. The minimum absolute atomic E-state index is 0.0261. The van der Waals surface area contributed by atoms with Crippen LogP contribution in [0.3, 0.4) is 0 Å². The van der Waals surface area contributed by atoms with Crippen molar-refractivity contribution < 1.29 is 9.90 Å². The number of hydrogen-bond donors (Lipinski definition) is 1. The summed E-state index contributed by atoms with van der Waals surface area (Å²) in [4.78, 5) is 16.7. The zero-order valence-corrected chi connectivity index (χ0v) is 10.6. The molecular weight excluding hydrogens is 230 g/mol. The highest BCUT2D eigenvalue weighted by Crippen LogP contribution is 2.16. The molecule has 0 saturated heterocycles. The van der Waals surface area contributed by atoms with Crippen LogP contribution in [0.2, 0.25) is 0 Å². The summed E-state index contributed by atoms with van der Waals surface area (Å²) in [5, 5.41) is 17.6. The first-order valence-corrected chi connectivity index (χ1v) is 5.86. The Balaban J connectivity index is 2.93. The number of carbonyl (C=O) groups is 1. The van der Waals surface area contributed by atoms with E-state index in [2.05, 4.69) is 24.9 Å². The molecule has 18 heavy (non-hydrogen) atoms. The third-order valence-corrected chi connectivity index (χ3v) is 2.41. The van der Waals surface area contributed by atoms with Crippen LogP contribution >= 0.6 is 0 Å². The summed E-state index contributed by atoms with van der Waals surface area (Å²) in [5.41, 5.74) is 0.824. The van der Waals surface area contributed by atoms with Gasteiger partial charge in [0.1, 0.15) is 5.69 Å². The molecule has 0 amide bonds. The number of carboxylic acid groups (broad SMARTS) is 1. The summed E-state index contributed by atoms with van der Waals surface area (Å²) < 4.78 is 0. The predicted molar refractivity (Wildman–Crippen MR) is 68.5 cm³/mol. The van der Waals surface area contributed by atoms with Crippen molar-refractivity contribution in [3.05, 3.63) is 24.0 Å². The molecule has 0 aliphatic heterocycles. The predicted octanol–water partition coefficient (Wildman–Crippen LogP) is 2.16. The Morgan fingerprint density at radius 2 is 2.33 bits per heavy atom. The maximum atomic E-state index is 10.9. The van der Waals surface area contributed by atoms with Gasteiger partial charge in [-0.3, -0.25) is 0 Å². The van der Waals surface area contributed by atoms with E-state index in [-0.39, 0.29) is 5.69 Å². The van der Waals surface area contributed by atoms with Gasteiger partial charge in [0.2, 0.25) is 0 Å². The molecule has 96 valence electrons. The molecule has 0 aliphatic rings. The number of rotatable bonds is 6. The smallest absolute Gasteiger partial charge is 0.354 e. The number of anilines is 1. The SMILES string of the molecule is CC(C)CN(CCC#N)c1ccnc(C(=O)O)c1. The highest BCUT2D eigenvalue weighted by molar-refractivity contribution is 5.86.